The van der Waals surface area contributed by atoms with E-state index < -0.39 is 12.5 Å². The number of nitrogens with one attached hydrogen (secondary N) is 1. The van der Waals surface area contributed by atoms with Crippen molar-refractivity contribution in [2.75, 3.05) is 0 Å². The van der Waals surface area contributed by atoms with Crippen LogP contribution >= 0.6 is 11.3 Å². The first-order valence-corrected chi connectivity index (χ1v) is 4.19. The van der Waals surface area contributed by atoms with Crippen molar-refractivity contribution in [3.8, 4) is 0 Å². The Morgan fingerprint density at radius 2 is 2.33 bits per heavy atom. The van der Waals surface area contributed by atoms with Crippen molar-refractivity contribution < 1.29 is 8.78 Å². The third kappa shape index (κ3) is 1.96. The normalized spacial score (nSPS) is 13.8. The van der Waals surface area contributed by atoms with Crippen LogP contribution in [-0.4, -0.2) is 11.4 Å². The molecule has 1 aromatic rings. The molecule has 6 heteroatoms. The number of hydrazine groups is 1. The molecule has 1 aromatic heterocycles. The van der Waals surface area contributed by atoms with Gasteiger partial charge >= 0.3 is 0 Å². The molecular formula is C6H9F2N3S. The Hall–Kier alpha value is -0.590. The van der Waals surface area contributed by atoms with Crippen LogP contribution in [0.15, 0.2) is 5.38 Å². The molecule has 0 aliphatic rings. The standard InChI is InChI=1S/C6H9F2N3S/c1-3-10-4(2-12-3)5(11-9)6(7)8/h2,5-6,11H,9H2,1H3. The van der Waals surface area contributed by atoms with Gasteiger partial charge in [0, 0.05) is 5.38 Å². The highest BCUT2D eigenvalue weighted by atomic mass is 32.1. The number of nitrogens with two attached hydrogens (primary N) is 1. The van der Waals surface area contributed by atoms with Gasteiger partial charge in [0.1, 0.15) is 6.04 Å². The molecule has 0 fully saturated rings. The third-order valence-corrected chi connectivity index (χ3v) is 2.18. The van der Waals surface area contributed by atoms with Crippen molar-refractivity contribution in [3.05, 3.63) is 16.1 Å². The van der Waals surface area contributed by atoms with E-state index in [0.29, 0.717) is 5.69 Å². The van der Waals surface area contributed by atoms with E-state index >= 15 is 0 Å². The van der Waals surface area contributed by atoms with Crippen LogP contribution in [0.25, 0.3) is 0 Å². The molecule has 0 saturated heterocycles. The number of aryl methyl sites for hydroxylation is 1. The van der Waals surface area contributed by atoms with E-state index in [9.17, 15) is 8.78 Å². The topological polar surface area (TPSA) is 50.9 Å². The summed E-state index contributed by atoms with van der Waals surface area (Å²) in [5, 5.41) is 2.33. The Morgan fingerprint density at radius 3 is 2.67 bits per heavy atom. The van der Waals surface area contributed by atoms with Gasteiger partial charge in [-0.25, -0.2) is 19.2 Å². The van der Waals surface area contributed by atoms with Gasteiger partial charge in [0.25, 0.3) is 6.43 Å². The molecule has 0 aliphatic heterocycles. The van der Waals surface area contributed by atoms with Gasteiger partial charge in [0.15, 0.2) is 0 Å². The summed E-state index contributed by atoms with van der Waals surface area (Å²) in [6, 6.07) is -1.16. The fourth-order valence-corrected chi connectivity index (χ4v) is 1.46. The fraction of sp³-hybridized carbons (Fsp3) is 0.500. The van der Waals surface area contributed by atoms with E-state index in [0.717, 1.165) is 5.01 Å². The molecule has 1 unspecified atom stereocenters. The van der Waals surface area contributed by atoms with Gasteiger partial charge in [-0.05, 0) is 6.92 Å². The predicted molar refractivity (Wildman–Crippen MR) is 42.9 cm³/mol. The summed E-state index contributed by atoms with van der Waals surface area (Å²) in [4.78, 5) is 3.90. The molecule has 0 bridgehead atoms. The third-order valence-electron chi connectivity index (χ3n) is 1.39. The van der Waals surface area contributed by atoms with Crippen LogP contribution < -0.4 is 11.3 Å². The highest BCUT2D eigenvalue weighted by Crippen LogP contribution is 2.21. The first-order valence-electron chi connectivity index (χ1n) is 3.31. The molecule has 12 heavy (non-hydrogen) atoms. The van der Waals surface area contributed by atoms with Crippen molar-refractivity contribution >= 4 is 11.3 Å². The zero-order valence-electron chi connectivity index (χ0n) is 6.42. The molecule has 1 heterocycles. The Labute approximate surface area is 72.6 Å². The smallest absolute Gasteiger partial charge is 0.260 e. The number of halogens is 2. The predicted octanol–water partition coefficient (Wildman–Crippen LogP) is 1.22. The molecule has 0 radical (unpaired) electrons. The lowest BCUT2D eigenvalue weighted by Gasteiger charge is -2.11. The molecule has 1 atom stereocenters. The molecule has 3 N–H and O–H groups in total. The van der Waals surface area contributed by atoms with Crippen molar-refractivity contribution in [2.45, 2.75) is 19.4 Å². The number of thiazole rings is 1. The minimum atomic E-state index is -2.53. The lowest BCUT2D eigenvalue weighted by atomic mass is 10.2. The minimum Gasteiger partial charge on any atom is -0.271 e. The van der Waals surface area contributed by atoms with Crippen molar-refractivity contribution in [1.29, 1.82) is 0 Å². The van der Waals surface area contributed by atoms with E-state index in [1.54, 1.807) is 12.3 Å². The van der Waals surface area contributed by atoms with Crippen LogP contribution in [0.1, 0.15) is 16.7 Å². The maximum atomic E-state index is 12.2. The number of aromatic nitrogens is 1. The SMILES string of the molecule is Cc1nc(C(NN)C(F)F)cs1. The van der Waals surface area contributed by atoms with Gasteiger partial charge in [-0.2, -0.15) is 0 Å². The van der Waals surface area contributed by atoms with E-state index in [-0.39, 0.29) is 0 Å². The van der Waals surface area contributed by atoms with E-state index in [4.69, 9.17) is 5.84 Å². The van der Waals surface area contributed by atoms with Gasteiger partial charge in [0.2, 0.25) is 0 Å². The van der Waals surface area contributed by atoms with Crippen LogP contribution in [0, 0.1) is 6.92 Å². The number of nitrogens with zero attached hydrogens (tertiary/aromatic N) is 1. The van der Waals surface area contributed by atoms with Gasteiger partial charge in [0.05, 0.1) is 10.7 Å². The molecule has 0 amide bonds. The second-order valence-electron chi connectivity index (χ2n) is 2.27. The quantitative estimate of drug-likeness (QED) is 0.560. The molecule has 0 saturated carbocycles. The molecule has 1 rings (SSSR count). The molecule has 68 valence electrons. The summed E-state index contributed by atoms with van der Waals surface area (Å²) in [6.07, 6.45) is -2.53. The van der Waals surface area contributed by atoms with E-state index in [1.165, 1.54) is 11.3 Å². The molecule has 0 aliphatic carbocycles. The van der Waals surface area contributed by atoms with Crippen LogP contribution in [0.3, 0.4) is 0 Å². The highest BCUT2D eigenvalue weighted by molar-refractivity contribution is 7.09. The van der Waals surface area contributed by atoms with Crippen LogP contribution in [-0.2, 0) is 0 Å². The number of hydrogen-bond donors (Lipinski definition) is 2. The number of rotatable bonds is 3. The van der Waals surface area contributed by atoms with Crippen LogP contribution in [0.5, 0.6) is 0 Å². The Morgan fingerprint density at radius 1 is 1.67 bits per heavy atom. The molecule has 3 nitrogen and oxygen atoms in total. The lowest BCUT2D eigenvalue weighted by molar-refractivity contribution is 0.0970. The Kier molecular flexibility index (Phi) is 3.07. The van der Waals surface area contributed by atoms with Crippen LogP contribution in [0.2, 0.25) is 0 Å². The maximum Gasteiger partial charge on any atom is 0.260 e. The van der Waals surface area contributed by atoms with Gasteiger partial charge in [-0.3, -0.25) is 5.84 Å². The monoisotopic (exact) mass is 193 g/mol. The van der Waals surface area contributed by atoms with Crippen LogP contribution in [0.4, 0.5) is 8.78 Å². The van der Waals surface area contributed by atoms with Crippen molar-refractivity contribution in [3.63, 3.8) is 0 Å². The van der Waals surface area contributed by atoms with Gasteiger partial charge in [-0.1, -0.05) is 0 Å². The largest absolute Gasteiger partial charge is 0.271 e. The molecule has 0 spiro atoms. The molecular weight excluding hydrogens is 184 g/mol. The zero-order chi connectivity index (χ0) is 9.14. The van der Waals surface area contributed by atoms with E-state index in [2.05, 4.69) is 4.98 Å². The van der Waals surface area contributed by atoms with Gasteiger partial charge < -0.3 is 0 Å². The average molecular weight is 193 g/mol. The number of alkyl halides is 2. The summed E-state index contributed by atoms with van der Waals surface area (Å²) < 4.78 is 24.4. The summed E-state index contributed by atoms with van der Waals surface area (Å²) in [7, 11) is 0. The van der Waals surface area contributed by atoms with Crippen molar-refractivity contribution in [2.24, 2.45) is 5.84 Å². The lowest BCUT2D eigenvalue weighted by Crippen LogP contribution is -2.33. The average Bonchev–Trinajstić information content (AvgIpc) is 2.37. The van der Waals surface area contributed by atoms with Crippen molar-refractivity contribution in [1.82, 2.24) is 10.4 Å². The van der Waals surface area contributed by atoms with E-state index in [1.807, 2.05) is 5.43 Å². The zero-order valence-corrected chi connectivity index (χ0v) is 7.24. The fourth-order valence-electron chi connectivity index (χ4n) is 0.810. The minimum absolute atomic E-state index is 0.301. The Bertz CT molecular complexity index is 251. The second kappa shape index (κ2) is 3.88. The summed E-state index contributed by atoms with van der Waals surface area (Å²) in [5.41, 5.74) is 2.33. The first-order chi connectivity index (χ1) is 5.65. The summed E-state index contributed by atoms with van der Waals surface area (Å²) in [5.74, 6) is 4.95. The van der Waals surface area contributed by atoms with Gasteiger partial charge in [-0.15, -0.1) is 11.3 Å². The second-order valence-corrected chi connectivity index (χ2v) is 3.33. The first kappa shape index (κ1) is 9.50. The Balaban J connectivity index is 2.80. The highest BCUT2D eigenvalue weighted by Gasteiger charge is 2.22. The summed E-state index contributed by atoms with van der Waals surface area (Å²) >= 11 is 1.33. The number of hydrogen-bond acceptors (Lipinski definition) is 4. The molecule has 0 aromatic carbocycles. The maximum absolute atomic E-state index is 12.2. The summed E-state index contributed by atoms with van der Waals surface area (Å²) in [6.45, 7) is 1.76.